The molecule has 1 aliphatic heterocycles. The maximum atomic E-state index is 12.3. The third-order valence-corrected chi connectivity index (χ3v) is 4.52. The first-order chi connectivity index (χ1) is 9.24. The van der Waals surface area contributed by atoms with Gasteiger partial charge in [0.05, 0.1) is 0 Å². The fourth-order valence-electron chi connectivity index (χ4n) is 2.96. The van der Waals surface area contributed by atoms with Crippen LogP contribution in [-0.2, 0) is 6.42 Å². The Morgan fingerprint density at radius 2 is 2.21 bits per heavy atom. The highest BCUT2D eigenvalue weighted by atomic mass is 16.1. The number of amides is 1. The van der Waals surface area contributed by atoms with Gasteiger partial charge in [0.15, 0.2) is 0 Å². The first-order valence-corrected chi connectivity index (χ1v) is 7.42. The Hall–Kier alpha value is -1.51. The summed E-state index contributed by atoms with van der Waals surface area (Å²) >= 11 is 0. The zero-order valence-electron chi connectivity index (χ0n) is 11.5. The third-order valence-electron chi connectivity index (χ3n) is 4.52. The van der Waals surface area contributed by atoms with Crippen LogP contribution in [0.5, 0.6) is 0 Å². The maximum absolute atomic E-state index is 12.3. The fourth-order valence-corrected chi connectivity index (χ4v) is 2.96. The Labute approximate surface area is 114 Å². The summed E-state index contributed by atoms with van der Waals surface area (Å²) in [7, 11) is 0. The monoisotopic (exact) mass is 258 g/mol. The van der Waals surface area contributed by atoms with Crippen molar-refractivity contribution in [3.8, 4) is 0 Å². The largest absolute Gasteiger partial charge is 0.385 e. The minimum absolute atomic E-state index is 0.0766. The standard InChI is InChI=1S/C16H22N2O/c1-11(12-4-2-5-12)18-16(19)14-7-8-15-13(10-14)6-3-9-17-15/h7-8,10-12,17H,2-6,9H2,1H3,(H,18,19). The van der Waals surface area contributed by atoms with Crippen LogP contribution in [0.3, 0.4) is 0 Å². The molecule has 1 aromatic rings. The second-order valence-electron chi connectivity index (χ2n) is 5.86. The van der Waals surface area contributed by atoms with Crippen molar-refractivity contribution in [2.24, 2.45) is 5.92 Å². The van der Waals surface area contributed by atoms with Gasteiger partial charge in [0.25, 0.3) is 5.91 Å². The molecule has 0 spiro atoms. The van der Waals surface area contributed by atoms with Gasteiger partial charge in [-0.2, -0.15) is 0 Å². The van der Waals surface area contributed by atoms with Crippen molar-refractivity contribution in [2.45, 2.75) is 45.1 Å². The SMILES string of the molecule is CC(NC(=O)c1ccc2c(c1)CCCN2)C1CCC1. The Morgan fingerprint density at radius 1 is 1.37 bits per heavy atom. The van der Waals surface area contributed by atoms with E-state index in [0.717, 1.165) is 24.9 Å². The summed E-state index contributed by atoms with van der Waals surface area (Å²) in [4.78, 5) is 12.3. The number of benzene rings is 1. The predicted octanol–water partition coefficient (Wildman–Crippen LogP) is 2.96. The van der Waals surface area contributed by atoms with Crippen LogP contribution in [0.1, 0.15) is 48.5 Å². The lowest BCUT2D eigenvalue weighted by molar-refractivity contribution is 0.0909. The number of carbonyl (C=O) groups is 1. The minimum atomic E-state index is 0.0766. The van der Waals surface area contributed by atoms with Gasteiger partial charge in [0, 0.05) is 23.8 Å². The van der Waals surface area contributed by atoms with E-state index in [1.165, 1.54) is 30.5 Å². The van der Waals surface area contributed by atoms with Crippen LogP contribution >= 0.6 is 0 Å². The van der Waals surface area contributed by atoms with E-state index < -0.39 is 0 Å². The molecule has 3 nitrogen and oxygen atoms in total. The second-order valence-corrected chi connectivity index (χ2v) is 5.86. The number of carbonyl (C=O) groups excluding carboxylic acids is 1. The lowest BCUT2D eigenvalue weighted by Gasteiger charge is -2.32. The van der Waals surface area contributed by atoms with E-state index in [4.69, 9.17) is 0 Å². The molecule has 19 heavy (non-hydrogen) atoms. The fraction of sp³-hybridized carbons (Fsp3) is 0.562. The number of hydrogen-bond donors (Lipinski definition) is 2. The van der Waals surface area contributed by atoms with Gasteiger partial charge in [-0.1, -0.05) is 6.42 Å². The quantitative estimate of drug-likeness (QED) is 0.875. The molecule has 1 aromatic carbocycles. The molecule has 3 heteroatoms. The van der Waals surface area contributed by atoms with Crippen LogP contribution in [0.25, 0.3) is 0 Å². The van der Waals surface area contributed by atoms with E-state index in [9.17, 15) is 4.79 Å². The molecule has 1 aliphatic carbocycles. The molecule has 2 aliphatic rings. The molecule has 1 saturated carbocycles. The van der Waals surface area contributed by atoms with Gasteiger partial charge in [-0.3, -0.25) is 4.79 Å². The number of hydrogen-bond acceptors (Lipinski definition) is 2. The van der Waals surface area contributed by atoms with Crippen molar-refractivity contribution in [3.05, 3.63) is 29.3 Å². The molecular weight excluding hydrogens is 236 g/mol. The molecule has 1 heterocycles. The topological polar surface area (TPSA) is 41.1 Å². The normalized spacial score (nSPS) is 19.8. The van der Waals surface area contributed by atoms with Gasteiger partial charge in [0.1, 0.15) is 0 Å². The van der Waals surface area contributed by atoms with Crippen LogP contribution in [0, 0.1) is 5.92 Å². The van der Waals surface area contributed by atoms with Crippen LogP contribution in [0.2, 0.25) is 0 Å². The Bertz CT molecular complexity index is 480. The molecule has 0 bridgehead atoms. The number of nitrogens with one attached hydrogen (secondary N) is 2. The third kappa shape index (κ3) is 2.60. The van der Waals surface area contributed by atoms with Gasteiger partial charge in [0.2, 0.25) is 0 Å². The summed E-state index contributed by atoms with van der Waals surface area (Å²) in [6, 6.07) is 6.32. The summed E-state index contributed by atoms with van der Waals surface area (Å²) in [5, 5.41) is 6.52. The molecular formula is C16H22N2O. The van der Waals surface area contributed by atoms with E-state index in [1.807, 2.05) is 18.2 Å². The second kappa shape index (κ2) is 5.24. The maximum Gasteiger partial charge on any atom is 0.251 e. The Kier molecular flexibility index (Phi) is 3.45. The smallest absolute Gasteiger partial charge is 0.251 e. The first-order valence-electron chi connectivity index (χ1n) is 7.42. The van der Waals surface area contributed by atoms with E-state index in [-0.39, 0.29) is 5.91 Å². The van der Waals surface area contributed by atoms with Gasteiger partial charge >= 0.3 is 0 Å². The lowest BCUT2D eigenvalue weighted by Crippen LogP contribution is -2.40. The predicted molar refractivity (Wildman–Crippen MR) is 77.5 cm³/mol. The van der Waals surface area contributed by atoms with E-state index in [0.29, 0.717) is 12.0 Å². The molecule has 3 rings (SSSR count). The van der Waals surface area contributed by atoms with E-state index in [1.54, 1.807) is 0 Å². The highest BCUT2D eigenvalue weighted by Gasteiger charge is 2.25. The van der Waals surface area contributed by atoms with E-state index in [2.05, 4.69) is 17.6 Å². The van der Waals surface area contributed by atoms with Crippen molar-refractivity contribution >= 4 is 11.6 Å². The zero-order valence-corrected chi connectivity index (χ0v) is 11.5. The Morgan fingerprint density at radius 3 is 2.95 bits per heavy atom. The van der Waals surface area contributed by atoms with Crippen molar-refractivity contribution in [3.63, 3.8) is 0 Å². The number of rotatable bonds is 3. The summed E-state index contributed by atoms with van der Waals surface area (Å²) < 4.78 is 0. The number of anilines is 1. The van der Waals surface area contributed by atoms with Crippen LogP contribution in [0.4, 0.5) is 5.69 Å². The lowest BCUT2D eigenvalue weighted by atomic mass is 9.80. The highest BCUT2D eigenvalue weighted by molar-refractivity contribution is 5.95. The molecule has 1 fully saturated rings. The van der Waals surface area contributed by atoms with Crippen molar-refractivity contribution in [1.82, 2.24) is 5.32 Å². The molecule has 0 saturated heterocycles. The van der Waals surface area contributed by atoms with Gasteiger partial charge in [-0.05, 0) is 62.3 Å². The van der Waals surface area contributed by atoms with Crippen molar-refractivity contribution in [1.29, 1.82) is 0 Å². The van der Waals surface area contributed by atoms with Gasteiger partial charge < -0.3 is 10.6 Å². The zero-order chi connectivity index (χ0) is 13.2. The van der Waals surface area contributed by atoms with Crippen LogP contribution < -0.4 is 10.6 Å². The highest BCUT2D eigenvalue weighted by Crippen LogP contribution is 2.29. The van der Waals surface area contributed by atoms with Crippen molar-refractivity contribution in [2.75, 3.05) is 11.9 Å². The molecule has 1 unspecified atom stereocenters. The number of aryl methyl sites for hydroxylation is 1. The molecule has 2 N–H and O–H groups in total. The summed E-state index contributed by atoms with van der Waals surface area (Å²) in [6.45, 7) is 3.17. The number of fused-ring (bicyclic) bond motifs is 1. The molecule has 1 atom stereocenters. The summed E-state index contributed by atoms with van der Waals surface area (Å²) in [5.41, 5.74) is 3.26. The van der Waals surface area contributed by atoms with Crippen molar-refractivity contribution < 1.29 is 4.79 Å². The Balaban J connectivity index is 1.69. The van der Waals surface area contributed by atoms with Crippen LogP contribution in [-0.4, -0.2) is 18.5 Å². The average molecular weight is 258 g/mol. The molecule has 0 radical (unpaired) electrons. The average Bonchev–Trinajstić information content (AvgIpc) is 2.36. The summed E-state index contributed by atoms with van der Waals surface area (Å²) in [5.74, 6) is 0.760. The van der Waals surface area contributed by atoms with E-state index >= 15 is 0 Å². The molecule has 0 aromatic heterocycles. The molecule has 102 valence electrons. The molecule has 1 amide bonds. The van der Waals surface area contributed by atoms with Gasteiger partial charge in [-0.25, -0.2) is 0 Å². The van der Waals surface area contributed by atoms with Crippen LogP contribution in [0.15, 0.2) is 18.2 Å². The summed E-state index contributed by atoms with van der Waals surface area (Å²) in [6.07, 6.45) is 6.05. The minimum Gasteiger partial charge on any atom is -0.385 e. The van der Waals surface area contributed by atoms with Gasteiger partial charge in [-0.15, -0.1) is 0 Å². The first kappa shape index (κ1) is 12.5.